The third kappa shape index (κ3) is 4.75. The predicted octanol–water partition coefficient (Wildman–Crippen LogP) is 2.54. The zero-order valence-electron chi connectivity index (χ0n) is 6.41. The van der Waals surface area contributed by atoms with E-state index in [0.29, 0.717) is 0 Å². The van der Waals surface area contributed by atoms with Crippen LogP contribution in [0.15, 0.2) is 0 Å². The van der Waals surface area contributed by atoms with Gasteiger partial charge in [-0.05, 0) is 0 Å². The second-order valence-corrected chi connectivity index (χ2v) is 2.68. The SMILES string of the molecule is [Li][CH](CCC)CCC. The fraction of sp³-hybridized carbons (Fsp3) is 1.00. The molecule has 0 aliphatic rings. The molecule has 0 aliphatic carbocycles. The molecule has 0 atom stereocenters. The van der Waals surface area contributed by atoms with Crippen molar-refractivity contribution in [3.63, 3.8) is 0 Å². The van der Waals surface area contributed by atoms with Crippen molar-refractivity contribution in [2.24, 2.45) is 0 Å². The maximum absolute atomic E-state index is 2.34. The van der Waals surface area contributed by atoms with Gasteiger partial charge in [0.1, 0.15) is 0 Å². The van der Waals surface area contributed by atoms with Crippen LogP contribution in [0.5, 0.6) is 0 Å². The third-order valence-corrected chi connectivity index (χ3v) is 1.56. The van der Waals surface area contributed by atoms with Crippen LogP contribution in [0.4, 0.5) is 0 Å². The molecule has 0 spiro atoms. The summed E-state index contributed by atoms with van der Waals surface area (Å²) in [7, 11) is 0. The fourth-order valence-corrected chi connectivity index (χ4v) is 1.13. The minimum atomic E-state index is 0.963. The molecule has 1 heteroatoms. The summed E-state index contributed by atoms with van der Waals surface area (Å²) in [4.78, 5) is 0. The van der Waals surface area contributed by atoms with E-state index in [1.54, 1.807) is 0 Å². The Balaban J connectivity index is 2.92. The number of hydrogen-bond donors (Lipinski definition) is 0. The van der Waals surface area contributed by atoms with Crippen LogP contribution in [0, 0.1) is 0 Å². The molecular weight excluding hydrogens is 91.0 g/mol. The molecule has 0 aromatic carbocycles. The van der Waals surface area contributed by atoms with Gasteiger partial charge < -0.3 is 0 Å². The molecule has 0 N–H and O–H groups in total. The molecule has 0 heterocycles. The summed E-state index contributed by atoms with van der Waals surface area (Å²) in [6.45, 7) is 4.51. The molecule has 0 saturated carbocycles. The number of rotatable bonds is 4. The zero-order valence-corrected chi connectivity index (χ0v) is 6.41. The second kappa shape index (κ2) is 5.73. The van der Waals surface area contributed by atoms with Gasteiger partial charge in [0.2, 0.25) is 0 Å². The van der Waals surface area contributed by atoms with Crippen LogP contribution in [0.2, 0.25) is 4.59 Å². The van der Waals surface area contributed by atoms with Crippen molar-refractivity contribution >= 4 is 17.7 Å². The summed E-state index contributed by atoms with van der Waals surface area (Å²) in [5, 5.41) is 0. The Morgan fingerprint density at radius 1 is 1.12 bits per heavy atom. The van der Waals surface area contributed by atoms with Crippen LogP contribution < -0.4 is 0 Å². The van der Waals surface area contributed by atoms with Crippen LogP contribution in [-0.4, -0.2) is 17.7 Å². The van der Waals surface area contributed by atoms with Crippen molar-refractivity contribution in [3.05, 3.63) is 0 Å². The summed E-state index contributed by atoms with van der Waals surface area (Å²) in [6.07, 6.45) is 5.52. The van der Waals surface area contributed by atoms with E-state index in [1.807, 2.05) is 0 Å². The van der Waals surface area contributed by atoms with Gasteiger partial charge in [0.25, 0.3) is 0 Å². The molecule has 0 fully saturated rings. The molecule has 0 rings (SSSR count). The molecule has 0 unspecified atom stereocenters. The molecular formula is C7H15Li. The quantitative estimate of drug-likeness (QED) is 0.483. The molecule has 44 valence electrons. The van der Waals surface area contributed by atoms with Gasteiger partial charge in [0.15, 0.2) is 0 Å². The first-order chi connectivity index (χ1) is 3.81. The van der Waals surface area contributed by atoms with E-state index >= 15 is 0 Å². The van der Waals surface area contributed by atoms with Gasteiger partial charge in [-0.15, -0.1) is 0 Å². The monoisotopic (exact) mass is 106 g/mol. The van der Waals surface area contributed by atoms with Crippen molar-refractivity contribution in [1.29, 1.82) is 0 Å². The van der Waals surface area contributed by atoms with E-state index in [0.717, 1.165) is 4.59 Å². The van der Waals surface area contributed by atoms with Crippen molar-refractivity contribution in [2.75, 3.05) is 0 Å². The Kier molecular flexibility index (Phi) is 6.16. The molecule has 0 radical (unpaired) electrons. The summed E-state index contributed by atoms with van der Waals surface area (Å²) in [5.41, 5.74) is 0. The summed E-state index contributed by atoms with van der Waals surface area (Å²) >= 11 is 2.34. The van der Waals surface area contributed by atoms with E-state index < -0.39 is 0 Å². The topological polar surface area (TPSA) is 0 Å². The fourth-order valence-electron chi connectivity index (χ4n) is 1.13. The van der Waals surface area contributed by atoms with Gasteiger partial charge >= 0.3 is 61.8 Å². The summed E-state index contributed by atoms with van der Waals surface area (Å²) in [6, 6.07) is 0. The third-order valence-electron chi connectivity index (χ3n) is 1.56. The first kappa shape index (κ1) is 8.60. The van der Waals surface area contributed by atoms with Gasteiger partial charge in [-0.1, -0.05) is 0 Å². The molecule has 0 aromatic rings. The summed E-state index contributed by atoms with van der Waals surface area (Å²) in [5.74, 6) is 0. The van der Waals surface area contributed by atoms with E-state index in [2.05, 4.69) is 31.6 Å². The van der Waals surface area contributed by atoms with Gasteiger partial charge in [-0.3, -0.25) is 0 Å². The average Bonchev–Trinajstić information content (AvgIpc) is 1.68. The normalized spacial score (nSPS) is 10.6. The van der Waals surface area contributed by atoms with Crippen molar-refractivity contribution in [3.8, 4) is 0 Å². The number of hydrogen-bond acceptors (Lipinski definition) is 0. The first-order valence-corrected chi connectivity index (χ1v) is 3.81. The van der Waals surface area contributed by atoms with Crippen LogP contribution >= 0.6 is 0 Å². The van der Waals surface area contributed by atoms with Gasteiger partial charge in [0.05, 0.1) is 0 Å². The molecule has 0 nitrogen and oxygen atoms in total. The molecule has 0 bridgehead atoms. The second-order valence-electron chi connectivity index (χ2n) is 2.68. The van der Waals surface area contributed by atoms with Crippen LogP contribution in [0.3, 0.4) is 0 Å². The van der Waals surface area contributed by atoms with E-state index in [9.17, 15) is 0 Å². The van der Waals surface area contributed by atoms with Gasteiger partial charge in [0, 0.05) is 0 Å². The van der Waals surface area contributed by atoms with E-state index in [4.69, 9.17) is 0 Å². The van der Waals surface area contributed by atoms with E-state index in [1.165, 1.54) is 25.7 Å². The molecule has 0 amide bonds. The Morgan fingerprint density at radius 3 is 1.75 bits per heavy atom. The van der Waals surface area contributed by atoms with Crippen molar-refractivity contribution in [1.82, 2.24) is 0 Å². The standard InChI is InChI=1S/C7H15.Li/c1-3-5-7-6-4-2;/h7H,3-6H2,1-2H3;. The van der Waals surface area contributed by atoms with E-state index in [-0.39, 0.29) is 0 Å². The Labute approximate surface area is 62.3 Å². The van der Waals surface area contributed by atoms with Gasteiger partial charge in [-0.25, -0.2) is 0 Å². The van der Waals surface area contributed by atoms with Gasteiger partial charge in [-0.2, -0.15) is 0 Å². The Morgan fingerprint density at radius 2 is 1.50 bits per heavy atom. The molecule has 8 heavy (non-hydrogen) atoms. The van der Waals surface area contributed by atoms with Crippen LogP contribution in [0.25, 0.3) is 0 Å². The first-order valence-electron chi connectivity index (χ1n) is 3.81. The minimum absolute atomic E-state index is 0.963. The Bertz CT molecular complexity index is 37.7. The average molecular weight is 106 g/mol. The van der Waals surface area contributed by atoms with Crippen molar-refractivity contribution in [2.45, 2.75) is 44.1 Å². The molecule has 0 aliphatic heterocycles. The maximum atomic E-state index is 2.34. The molecule has 0 aromatic heterocycles. The van der Waals surface area contributed by atoms with Crippen LogP contribution in [0.1, 0.15) is 39.5 Å². The molecule has 0 saturated heterocycles. The zero-order chi connectivity index (χ0) is 6.41. The predicted molar refractivity (Wildman–Crippen MR) is 39.3 cm³/mol. The van der Waals surface area contributed by atoms with Crippen LogP contribution in [-0.2, 0) is 0 Å². The summed E-state index contributed by atoms with van der Waals surface area (Å²) < 4.78 is 0.963. The Hall–Kier alpha value is 0.597. The van der Waals surface area contributed by atoms with Crippen molar-refractivity contribution < 1.29 is 0 Å².